The number of carbonyl (C=O) groups is 1. The molecule has 0 aliphatic carbocycles. The third-order valence-electron chi connectivity index (χ3n) is 13.6. The predicted octanol–water partition coefficient (Wildman–Crippen LogP) is 18.6. The van der Waals surface area contributed by atoms with E-state index < -0.39 is 26.6 Å². The molecule has 8 nitrogen and oxygen atoms in total. The number of hydrogen-bond donors (Lipinski definition) is 2. The molecular formula is C65H119N2O6P. The monoisotopic (exact) mass is 1050 g/mol. The van der Waals surface area contributed by atoms with Crippen molar-refractivity contribution in [2.45, 2.75) is 283 Å². The minimum absolute atomic E-state index is 0.00923. The predicted molar refractivity (Wildman–Crippen MR) is 320 cm³/mol. The van der Waals surface area contributed by atoms with Crippen molar-refractivity contribution in [1.82, 2.24) is 5.32 Å². The fourth-order valence-electron chi connectivity index (χ4n) is 8.79. The van der Waals surface area contributed by atoms with Gasteiger partial charge in [0.1, 0.15) is 13.2 Å². The van der Waals surface area contributed by atoms with Crippen molar-refractivity contribution < 1.29 is 32.9 Å². The van der Waals surface area contributed by atoms with Gasteiger partial charge in [-0.1, -0.05) is 272 Å². The third-order valence-corrected chi connectivity index (χ3v) is 14.6. The van der Waals surface area contributed by atoms with Gasteiger partial charge in [0.2, 0.25) is 5.91 Å². The van der Waals surface area contributed by atoms with Gasteiger partial charge in [0.05, 0.1) is 39.9 Å². The van der Waals surface area contributed by atoms with E-state index in [9.17, 15) is 19.4 Å². The zero-order chi connectivity index (χ0) is 54.2. The molecule has 0 aliphatic rings. The number of carbonyl (C=O) groups excluding carboxylic acids is 1. The Bertz CT molecular complexity index is 1480. The zero-order valence-electron chi connectivity index (χ0n) is 49.0. The normalized spacial score (nSPS) is 14.4. The number of quaternary nitrogens is 1. The number of unbranched alkanes of at least 4 members (excludes halogenated alkanes) is 31. The average Bonchev–Trinajstić information content (AvgIpc) is 3.36. The molecule has 2 N–H and O–H groups in total. The van der Waals surface area contributed by atoms with Gasteiger partial charge in [0.25, 0.3) is 7.82 Å². The van der Waals surface area contributed by atoms with Gasteiger partial charge in [-0.05, 0) is 77.0 Å². The van der Waals surface area contributed by atoms with Gasteiger partial charge in [-0.2, -0.15) is 0 Å². The largest absolute Gasteiger partial charge is 0.756 e. The first-order valence-corrected chi connectivity index (χ1v) is 32.4. The van der Waals surface area contributed by atoms with Gasteiger partial charge >= 0.3 is 0 Å². The summed E-state index contributed by atoms with van der Waals surface area (Å²) >= 11 is 0. The summed E-state index contributed by atoms with van der Waals surface area (Å²) in [4.78, 5) is 25.6. The second-order valence-corrected chi connectivity index (χ2v) is 23.4. The van der Waals surface area contributed by atoms with Gasteiger partial charge < -0.3 is 28.8 Å². The smallest absolute Gasteiger partial charge is 0.268 e. The number of hydrogen-bond acceptors (Lipinski definition) is 6. The Hall–Kier alpha value is -2.32. The highest BCUT2D eigenvalue weighted by Gasteiger charge is 2.23. The van der Waals surface area contributed by atoms with E-state index in [0.717, 1.165) is 70.6 Å². The molecule has 0 bridgehead atoms. The number of likely N-dealkylation sites (N-methyl/N-ethyl adjacent to an activating group) is 1. The van der Waals surface area contributed by atoms with E-state index in [0.29, 0.717) is 17.4 Å². The Morgan fingerprint density at radius 2 is 0.838 bits per heavy atom. The van der Waals surface area contributed by atoms with E-state index in [2.05, 4.69) is 92.1 Å². The van der Waals surface area contributed by atoms with Crippen molar-refractivity contribution in [3.63, 3.8) is 0 Å². The Morgan fingerprint density at radius 3 is 1.26 bits per heavy atom. The average molecular weight is 1060 g/mol. The maximum atomic E-state index is 13.0. The number of phosphoric ester groups is 1. The lowest BCUT2D eigenvalue weighted by atomic mass is 10.0. The van der Waals surface area contributed by atoms with Crippen LogP contribution < -0.4 is 10.2 Å². The maximum Gasteiger partial charge on any atom is 0.268 e. The van der Waals surface area contributed by atoms with Gasteiger partial charge in [-0.15, -0.1) is 0 Å². The number of aliphatic hydroxyl groups is 1. The first-order valence-electron chi connectivity index (χ1n) is 30.9. The van der Waals surface area contributed by atoms with E-state index in [1.165, 1.54) is 180 Å². The fraction of sp³-hybridized carbons (Fsp3) is 0.769. The third kappa shape index (κ3) is 57.4. The van der Waals surface area contributed by atoms with Crippen LogP contribution in [0.3, 0.4) is 0 Å². The van der Waals surface area contributed by atoms with E-state index >= 15 is 0 Å². The summed E-state index contributed by atoms with van der Waals surface area (Å²) in [6.45, 7) is 4.54. The van der Waals surface area contributed by atoms with Crippen LogP contribution in [0.4, 0.5) is 0 Å². The van der Waals surface area contributed by atoms with Crippen LogP contribution in [-0.2, 0) is 18.4 Å². The molecule has 0 spiro atoms. The number of nitrogens with zero attached hydrogens (tertiary/aromatic N) is 1. The van der Waals surface area contributed by atoms with Crippen LogP contribution in [0.15, 0.2) is 85.1 Å². The second kappa shape index (κ2) is 55.4. The fourth-order valence-corrected chi connectivity index (χ4v) is 9.51. The van der Waals surface area contributed by atoms with Crippen molar-refractivity contribution in [3.8, 4) is 0 Å². The molecule has 0 radical (unpaired) electrons. The van der Waals surface area contributed by atoms with E-state index in [-0.39, 0.29) is 12.5 Å². The summed E-state index contributed by atoms with van der Waals surface area (Å²) in [5, 5.41) is 13.9. The van der Waals surface area contributed by atoms with E-state index in [4.69, 9.17) is 9.05 Å². The number of aliphatic hydroxyl groups excluding tert-OH is 1. The Labute approximate surface area is 458 Å². The zero-order valence-corrected chi connectivity index (χ0v) is 49.9. The molecule has 3 unspecified atom stereocenters. The number of phosphoric acid groups is 1. The summed E-state index contributed by atoms with van der Waals surface area (Å²) in [5.74, 6) is -0.209. The highest BCUT2D eigenvalue weighted by molar-refractivity contribution is 7.45. The molecule has 0 fully saturated rings. The molecule has 0 rings (SSSR count). The molecule has 0 aromatic rings. The molecule has 74 heavy (non-hydrogen) atoms. The van der Waals surface area contributed by atoms with Gasteiger partial charge in [-0.3, -0.25) is 9.36 Å². The molecule has 1 amide bonds. The van der Waals surface area contributed by atoms with Crippen molar-refractivity contribution in [1.29, 1.82) is 0 Å². The number of amides is 1. The quantitative estimate of drug-likeness (QED) is 0.0272. The molecule has 3 atom stereocenters. The summed E-state index contributed by atoms with van der Waals surface area (Å²) < 4.78 is 23.4. The molecule has 0 saturated heterocycles. The second-order valence-electron chi connectivity index (χ2n) is 22.0. The lowest BCUT2D eigenvalue weighted by molar-refractivity contribution is -0.870. The summed E-state index contributed by atoms with van der Waals surface area (Å²) in [7, 11) is 1.24. The molecule has 0 heterocycles. The van der Waals surface area contributed by atoms with Crippen molar-refractivity contribution >= 4 is 13.7 Å². The van der Waals surface area contributed by atoms with Crippen molar-refractivity contribution in [3.05, 3.63) is 85.1 Å². The minimum atomic E-state index is -4.61. The topological polar surface area (TPSA) is 108 Å². The summed E-state index contributed by atoms with van der Waals surface area (Å²) in [6.07, 6.45) is 78.2. The van der Waals surface area contributed by atoms with Gasteiger partial charge in [0, 0.05) is 6.42 Å². The van der Waals surface area contributed by atoms with E-state index in [1.54, 1.807) is 6.08 Å². The lowest BCUT2D eigenvalue weighted by Crippen LogP contribution is -2.45. The van der Waals surface area contributed by atoms with Gasteiger partial charge in [0.15, 0.2) is 0 Å². The van der Waals surface area contributed by atoms with Crippen molar-refractivity contribution in [2.24, 2.45) is 0 Å². The Kier molecular flexibility index (Phi) is 53.7. The van der Waals surface area contributed by atoms with Crippen molar-refractivity contribution in [2.75, 3.05) is 40.9 Å². The van der Waals surface area contributed by atoms with Gasteiger partial charge in [-0.25, -0.2) is 0 Å². The SMILES string of the molecule is CC/C=C\C/C=C\C/C=C\C/C=C\C/C=C\CCCCCCCCCCCCCCCC(=O)NC(COP(=O)([O-])OCC[N+](C)(C)C)C(O)/C=C/CC/C=C/CCCCCCCCCCCCCCCCCCC. The highest BCUT2D eigenvalue weighted by Crippen LogP contribution is 2.38. The number of allylic oxidation sites excluding steroid dienone is 13. The highest BCUT2D eigenvalue weighted by atomic mass is 31.2. The van der Waals surface area contributed by atoms with Crippen LogP contribution in [0.2, 0.25) is 0 Å². The molecule has 0 aliphatic heterocycles. The molecule has 430 valence electrons. The first kappa shape index (κ1) is 71.7. The molecule has 0 aromatic carbocycles. The molecule has 9 heteroatoms. The Morgan fingerprint density at radius 1 is 0.486 bits per heavy atom. The van der Waals surface area contributed by atoms with Crippen LogP contribution in [0, 0.1) is 0 Å². The lowest BCUT2D eigenvalue weighted by Gasteiger charge is -2.29. The molecular weight excluding hydrogens is 936 g/mol. The van der Waals surface area contributed by atoms with Crippen LogP contribution >= 0.6 is 7.82 Å². The maximum absolute atomic E-state index is 13.0. The first-order chi connectivity index (χ1) is 36.0. The van der Waals surface area contributed by atoms with Crippen LogP contribution in [0.25, 0.3) is 0 Å². The summed E-state index contributed by atoms with van der Waals surface area (Å²) in [5.41, 5.74) is 0. The van der Waals surface area contributed by atoms with E-state index in [1.807, 2.05) is 27.2 Å². The van der Waals surface area contributed by atoms with Crippen LogP contribution in [0.5, 0.6) is 0 Å². The molecule has 0 saturated carbocycles. The number of nitrogens with one attached hydrogen (secondary N) is 1. The molecule has 0 aromatic heterocycles. The standard InChI is InChI=1S/C65H119N2O6P/c1-6-8-10-12-14-16-18-20-22-24-26-28-30-31-32-33-34-35-37-39-41-43-45-47-49-51-53-55-57-59-65(69)66-63(62-73-74(70,71)72-61-60-67(3,4)5)64(68)58-56-54-52-50-48-46-44-42-40-38-36-29-27-25-23-21-19-17-15-13-11-9-7-2/h8,10,14,16,20,22,26,28,31-32,48,50,56,58,63-64,68H,6-7,9,11-13,15,17-19,21,23-25,27,29-30,33-47,49,51-55,57,59-62H2,1-5H3,(H-,66,69,70,71)/b10-8-,16-14-,22-20-,28-26-,32-31-,50-48+,58-56+. The van der Waals surface area contributed by atoms with Crippen LogP contribution in [-0.4, -0.2) is 68.5 Å². The Balaban J connectivity index is 4.20. The minimum Gasteiger partial charge on any atom is -0.756 e. The number of rotatable bonds is 56. The van der Waals surface area contributed by atoms with Crippen LogP contribution in [0.1, 0.15) is 271 Å². The summed E-state index contributed by atoms with van der Waals surface area (Å²) in [6, 6.07) is -0.909.